The van der Waals surface area contributed by atoms with Crippen molar-refractivity contribution in [2.75, 3.05) is 11.5 Å². The number of aromatic nitrogens is 2. The molecule has 0 aliphatic carbocycles. The highest BCUT2D eigenvalue weighted by Gasteiger charge is 2.30. The Kier molecular flexibility index (Phi) is 5.97. The molecule has 1 amide bonds. The second-order valence-corrected chi connectivity index (χ2v) is 6.10. The summed E-state index contributed by atoms with van der Waals surface area (Å²) in [7, 11) is 0. The zero-order valence-corrected chi connectivity index (χ0v) is 15.3. The molecular formula is C19H12ClF4N3O2. The molecule has 0 aliphatic rings. The van der Waals surface area contributed by atoms with Gasteiger partial charge in [-0.05, 0) is 48.5 Å². The minimum absolute atomic E-state index is 0.0751. The average Bonchev–Trinajstić information content (AvgIpc) is 2.68. The number of ether oxygens (including phenoxy) is 1. The van der Waals surface area contributed by atoms with Crippen molar-refractivity contribution >= 4 is 29.0 Å². The molecular weight excluding hydrogens is 414 g/mol. The summed E-state index contributed by atoms with van der Waals surface area (Å²) in [6.45, 7) is -0.510. The van der Waals surface area contributed by atoms with Gasteiger partial charge in [-0.15, -0.1) is 0 Å². The Morgan fingerprint density at radius 3 is 2.28 bits per heavy atom. The number of nitrogens with zero attached hydrogens (tertiary/aromatic N) is 3. The predicted molar refractivity (Wildman–Crippen MR) is 97.5 cm³/mol. The number of hydrogen-bond donors (Lipinski definition) is 0. The first kappa shape index (κ1) is 20.5. The fourth-order valence-corrected chi connectivity index (χ4v) is 2.53. The SMILES string of the molecule is O=C(COc1ccc(C(F)(F)F)cc1)N(c1ccc(F)cc1)c1cc(Cl)ncn1. The molecule has 1 aromatic heterocycles. The Hall–Kier alpha value is -3.20. The number of halogens is 5. The van der Waals surface area contributed by atoms with E-state index in [4.69, 9.17) is 16.3 Å². The Labute approximate surface area is 167 Å². The molecule has 29 heavy (non-hydrogen) atoms. The number of benzene rings is 2. The molecule has 0 radical (unpaired) electrons. The number of hydrogen-bond acceptors (Lipinski definition) is 4. The van der Waals surface area contributed by atoms with Crippen molar-refractivity contribution in [2.24, 2.45) is 0 Å². The monoisotopic (exact) mass is 425 g/mol. The fourth-order valence-electron chi connectivity index (χ4n) is 2.39. The molecule has 3 rings (SSSR count). The van der Waals surface area contributed by atoms with Gasteiger partial charge in [0.25, 0.3) is 5.91 Å². The summed E-state index contributed by atoms with van der Waals surface area (Å²) in [6, 6.07) is 10.3. The number of rotatable bonds is 5. The molecule has 5 nitrogen and oxygen atoms in total. The molecule has 0 N–H and O–H groups in total. The quantitative estimate of drug-likeness (QED) is 0.425. The van der Waals surface area contributed by atoms with Crippen LogP contribution in [0.3, 0.4) is 0 Å². The lowest BCUT2D eigenvalue weighted by atomic mass is 10.2. The van der Waals surface area contributed by atoms with Crippen molar-refractivity contribution in [3.8, 4) is 5.75 Å². The molecule has 0 fully saturated rings. The average molecular weight is 426 g/mol. The maximum atomic E-state index is 13.2. The standard InChI is InChI=1S/C19H12ClF4N3O2/c20-16-9-17(26-11-25-16)27(14-5-3-13(21)4-6-14)18(28)10-29-15-7-1-12(2-8-15)19(22,23)24/h1-9,11H,10H2. The molecule has 0 aliphatic heterocycles. The summed E-state index contributed by atoms with van der Waals surface area (Å²) >= 11 is 5.86. The first-order valence-corrected chi connectivity index (χ1v) is 8.48. The third-order valence-electron chi connectivity index (χ3n) is 3.73. The van der Waals surface area contributed by atoms with Crippen LogP contribution in [0.4, 0.5) is 29.1 Å². The molecule has 0 saturated heterocycles. The van der Waals surface area contributed by atoms with E-state index in [1.807, 2.05) is 0 Å². The minimum Gasteiger partial charge on any atom is -0.484 e. The second kappa shape index (κ2) is 8.44. The molecule has 10 heteroatoms. The van der Waals surface area contributed by atoms with Gasteiger partial charge in [0.2, 0.25) is 0 Å². The normalized spacial score (nSPS) is 11.2. The molecule has 0 unspecified atom stereocenters. The van der Waals surface area contributed by atoms with Crippen LogP contribution in [0.2, 0.25) is 5.15 Å². The van der Waals surface area contributed by atoms with Gasteiger partial charge in [0, 0.05) is 6.07 Å². The van der Waals surface area contributed by atoms with Crippen molar-refractivity contribution in [1.29, 1.82) is 0 Å². The van der Waals surface area contributed by atoms with E-state index < -0.39 is 30.1 Å². The molecule has 1 heterocycles. The van der Waals surface area contributed by atoms with Crippen LogP contribution in [0.25, 0.3) is 0 Å². The lowest BCUT2D eigenvalue weighted by molar-refractivity contribution is -0.137. The van der Waals surface area contributed by atoms with Crippen LogP contribution in [0.15, 0.2) is 60.9 Å². The lowest BCUT2D eigenvalue weighted by Crippen LogP contribution is -2.31. The topological polar surface area (TPSA) is 55.3 Å². The highest BCUT2D eigenvalue weighted by molar-refractivity contribution is 6.29. The summed E-state index contributed by atoms with van der Waals surface area (Å²) in [6.07, 6.45) is -3.32. The summed E-state index contributed by atoms with van der Waals surface area (Å²) < 4.78 is 56.4. The van der Waals surface area contributed by atoms with Gasteiger partial charge in [0.05, 0.1) is 11.3 Å². The number of carbonyl (C=O) groups excluding carboxylic acids is 1. The Morgan fingerprint density at radius 2 is 1.69 bits per heavy atom. The summed E-state index contributed by atoms with van der Waals surface area (Å²) in [5, 5.41) is 0.0820. The number of amides is 1. The predicted octanol–water partition coefficient (Wildman–Crippen LogP) is 5.03. The molecule has 150 valence electrons. The van der Waals surface area contributed by atoms with Crippen LogP contribution in [0.5, 0.6) is 5.75 Å². The van der Waals surface area contributed by atoms with E-state index in [-0.39, 0.29) is 16.7 Å². The van der Waals surface area contributed by atoms with E-state index in [1.54, 1.807) is 0 Å². The molecule has 0 bridgehead atoms. The molecule has 3 aromatic rings. The van der Waals surface area contributed by atoms with E-state index >= 15 is 0 Å². The molecule has 0 atom stereocenters. The van der Waals surface area contributed by atoms with E-state index in [9.17, 15) is 22.4 Å². The first-order chi connectivity index (χ1) is 13.7. The van der Waals surface area contributed by atoms with Crippen molar-refractivity contribution in [3.63, 3.8) is 0 Å². The summed E-state index contributed by atoms with van der Waals surface area (Å²) in [5.74, 6) is -0.905. The van der Waals surface area contributed by atoms with E-state index in [0.717, 1.165) is 47.6 Å². The molecule has 0 saturated carbocycles. The zero-order valence-electron chi connectivity index (χ0n) is 14.5. The first-order valence-electron chi connectivity index (χ1n) is 8.10. The van der Waals surface area contributed by atoms with Gasteiger partial charge in [-0.1, -0.05) is 11.6 Å². The summed E-state index contributed by atoms with van der Waals surface area (Å²) in [5.41, 5.74) is -0.540. The van der Waals surface area contributed by atoms with Crippen molar-refractivity contribution in [3.05, 3.63) is 77.5 Å². The van der Waals surface area contributed by atoms with Gasteiger partial charge < -0.3 is 4.74 Å². The third kappa shape index (κ3) is 5.20. The minimum atomic E-state index is -4.47. The maximum Gasteiger partial charge on any atom is 0.416 e. The van der Waals surface area contributed by atoms with Gasteiger partial charge in [-0.2, -0.15) is 13.2 Å². The maximum absolute atomic E-state index is 13.2. The number of anilines is 2. The largest absolute Gasteiger partial charge is 0.484 e. The highest BCUT2D eigenvalue weighted by Crippen LogP contribution is 2.30. The summed E-state index contributed by atoms with van der Waals surface area (Å²) in [4.78, 5) is 21.6. The van der Waals surface area contributed by atoms with Gasteiger partial charge >= 0.3 is 6.18 Å². The van der Waals surface area contributed by atoms with E-state index in [0.29, 0.717) is 5.69 Å². The lowest BCUT2D eigenvalue weighted by Gasteiger charge is -2.22. The van der Waals surface area contributed by atoms with E-state index in [1.165, 1.54) is 18.2 Å². The highest BCUT2D eigenvalue weighted by atomic mass is 35.5. The smallest absolute Gasteiger partial charge is 0.416 e. The molecule has 2 aromatic carbocycles. The van der Waals surface area contributed by atoms with E-state index in [2.05, 4.69) is 9.97 Å². The number of carbonyl (C=O) groups is 1. The Bertz CT molecular complexity index is 996. The van der Waals surface area contributed by atoms with Gasteiger partial charge in [0.1, 0.15) is 28.9 Å². The van der Waals surface area contributed by atoms with Crippen LogP contribution in [-0.2, 0) is 11.0 Å². The third-order valence-corrected chi connectivity index (χ3v) is 3.93. The second-order valence-electron chi connectivity index (χ2n) is 5.72. The van der Waals surface area contributed by atoms with Crippen LogP contribution < -0.4 is 9.64 Å². The van der Waals surface area contributed by atoms with Crippen molar-refractivity contribution in [1.82, 2.24) is 9.97 Å². The zero-order chi connectivity index (χ0) is 21.0. The van der Waals surface area contributed by atoms with Crippen molar-refractivity contribution in [2.45, 2.75) is 6.18 Å². The van der Waals surface area contributed by atoms with Gasteiger partial charge in [-0.25, -0.2) is 14.4 Å². The molecule has 0 spiro atoms. The fraction of sp³-hybridized carbons (Fsp3) is 0.105. The Balaban J connectivity index is 1.80. The van der Waals surface area contributed by atoms with Gasteiger partial charge in [-0.3, -0.25) is 9.69 Å². The van der Waals surface area contributed by atoms with Crippen molar-refractivity contribution < 1.29 is 27.1 Å². The van der Waals surface area contributed by atoms with Crippen LogP contribution in [0.1, 0.15) is 5.56 Å². The Morgan fingerprint density at radius 1 is 1.03 bits per heavy atom. The van der Waals surface area contributed by atoms with Crippen LogP contribution in [0, 0.1) is 5.82 Å². The number of alkyl halides is 3. The van der Waals surface area contributed by atoms with Crippen LogP contribution >= 0.6 is 11.6 Å². The van der Waals surface area contributed by atoms with Gasteiger partial charge in [0.15, 0.2) is 6.61 Å². The van der Waals surface area contributed by atoms with Crippen LogP contribution in [-0.4, -0.2) is 22.5 Å².